The van der Waals surface area contributed by atoms with Crippen molar-refractivity contribution in [3.8, 4) is 11.8 Å². The maximum atomic E-state index is 12.2. The molecule has 0 bridgehead atoms. The van der Waals surface area contributed by atoms with E-state index >= 15 is 0 Å². The molecule has 4 heteroatoms. The van der Waals surface area contributed by atoms with Gasteiger partial charge >= 0.3 is 0 Å². The van der Waals surface area contributed by atoms with E-state index in [2.05, 4.69) is 11.4 Å². The van der Waals surface area contributed by atoms with E-state index in [1.165, 1.54) is 0 Å². The number of nitrogens with zero attached hydrogens (tertiary/aromatic N) is 1. The van der Waals surface area contributed by atoms with Crippen LogP contribution in [0.4, 0.5) is 5.69 Å². The SMILES string of the molecule is COc1ccccc1NC(=O)C1(C#N)CCCC1. The van der Waals surface area contributed by atoms with Crippen molar-refractivity contribution in [3.63, 3.8) is 0 Å². The van der Waals surface area contributed by atoms with Gasteiger partial charge in [-0.1, -0.05) is 25.0 Å². The molecule has 0 atom stereocenters. The third-order valence-electron chi connectivity index (χ3n) is 3.46. The van der Waals surface area contributed by atoms with Crippen molar-refractivity contribution in [3.05, 3.63) is 24.3 Å². The summed E-state index contributed by atoms with van der Waals surface area (Å²) in [7, 11) is 1.56. The summed E-state index contributed by atoms with van der Waals surface area (Å²) < 4.78 is 5.18. The lowest BCUT2D eigenvalue weighted by atomic mass is 9.87. The highest BCUT2D eigenvalue weighted by Gasteiger charge is 2.41. The van der Waals surface area contributed by atoms with Crippen LogP contribution in [0.3, 0.4) is 0 Å². The molecule has 0 heterocycles. The van der Waals surface area contributed by atoms with E-state index in [0.717, 1.165) is 12.8 Å². The summed E-state index contributed by atoms with van der Waals surface area (Å²) in [4.78, 5) is 12.2. The van der Waals surface area contributed by atoms with Gasteiger partial charge in [0.15, 0.2) is 0 Å². The second-order valence-electron chi connectivity index (χ2n) is 4.56. The van der Waals surface area contributed by atoms with E-state index in [9.17, 15) is 10.1 Å². The zero-order valence-electron chi connectivity index (χ0n) is 10.4. The third kappa shape index (κ3) is 2.17. The average molecular weight is 244 g/mol. The van der Waals surface area contributed by atoms with Crippen LogP contribution >= 0.6 is 0 Å². The molecule has 1 aromatic rings. The predicted octanol–water partition coefficient (Wildman–Crippen LogP) is 2.72. The molecule has 0 saturated heterocycles. The van der Waals surface area contributed by atoms with Crippen molar-refractivity contribution in [2.75, 3.05) is 12.4 Å². The van der Waals surface area contributed by atoms with Crippen LogP contribution in [-0.2, 0) is 4.79 Å². The Labute approximate surface area is 107 Å². The van der Waals surface area contributed by atoms with Crippen LogP contribution in [-0.4, -0.2) is 13.0 Å². The number of nitrogens with one attached hydrogen (secondary N) is 1. The molecule has 1 saturated carbocycles. The maximum Gasteiger partial charge on any atom is 0.244 e. The summed E-state index contributed by atoms with van der Waals surface area (Å²) in [6, 6.07) is 9.40. The summed E-state index contributed by atoms with van der Waals surface area (Å²) in [6.45, 7) is 0. The number of benzene rings is 1. The minimum absolute atomic E-state index is 0.216. The topological polar surface area (TPSA) is 62.1 Å². The minimum Gasteiger partial charge on any atom is -0.495 e. The van der Waals surface area contributed by atoms with Crippen LogP contribution in [0.1, 0.15) is 25.7 Å². The number of hydrogen-bond acceptors (Lipinski definition) is 3. The average Bonchev–Trinajstić information content (AvgIpc) is 2.89. The Bertz CT molecular complexity index is 485. The fraction of sp³-hybridized carbons (Fsp3) is 0.429. The van der Waals surface area contributed by atoms with Gasteiger partial charge in [-0.3, -0.25) is 4.79 Å². The van der Waals surface area contributed by atoms with Crippen molar-refractivity contribution >= 4 is 11.6 Å². The van der Waals surface area contributed by atoms with Crippen LogP contribution in [0.25, 0.3) is 0 Å². The second-order valence-corrected chi connectivity index (χ2v) is 4.56. The van der Waals surface area contributed by atoms with E-state index < -0.39 is 5.41 Å². The van der Waals surface area contributed by atoms with Gasteiger partial charge in [0.05, 0.1) is 18.9 Å². The monoisotopic (exact) mass is 244 g/mol. The van der Waals surface area contributed by atoms with E-state index in [1.807, 2.05) is 12.1 Å². The minimum atomic E-state index is -0.860. The van der Waals surface area contributed by atoms with Gasteiger partial charge in [-0.2, -0.15) is 5.26 Å². The van der Waals surface area contributed by atoms with Gasteiger partial charge in [0.2, 0.25) is 5.91 Å². The van der Waals surface area contributed by atoms with Crippen LogP contribution in [0.15, 0.2) is 24.3 Å². The number of hydrogen-bond donors (Lipinski definition) is 1. The summed E-state index contributed by atoms with van der Waals surface area (Å²) in [5, 5.41) is 12.1. The number of carbonyl (C=O) groups is 1. The molecule has 1 amide bonds. The molecule has 0 radical (unpaired) electrons. The molecule has 1 fully saturated rings. The Kier molecular flexibility index (Phi) is 3.52. The zero-order valence-corrected chi connectivity index (χ0v) is 10.4. The fourth-order valence-corrected chi connectivity index (χ4v) is 2.36. The van der Waals surface area contributed by atoms with Crippen LogP contribution in [0.5, 0.6) is 5.75 Å². The Hall–Kier alpha value is -2.02. The van der Waals surface area contributed by atoms with Gasteiger partial charge in [-0.25, -0.2) is 0 Å². The van der Waals surface area contributed by atoms with Crippen molar-refractivity contribution in [1.29, 1.82) is 5.26 Å². The van der Waals surface area contributed by atoms with Gasteiger partial charge in [0, 0.05) is 0 Å². The van der Waals surface area contributed by atoms with Crippen LogP contribution < -0.4 is 10.1 Å². The van der Waals surface area contributed by atoms with Crippen molar-refractivity contribution in [2.45, 2.75) is 25.7 Å². The molecule has 1 aliphatic carbocycles. The number of carbonyl (C=O) groups excluding carboxylic acids is 1. The van der Waals surface area contributed by atoms with Gasteiger partial charge in [-0.15, -0.1) is 0 Å². The number of nitriles is 1. The molecule has 0 aromatic heterocycles. The van der Waals surface area contributed by atoms with E-state index in [1.54, 1.807) is 19.2 Å². The lowest BCUT2D eigenvalue weighted by Crippen LogP contribution is -2.32. The molecule has 2 rings (SSSR count). The number of rotatable bonds is 3. The summed E-state index contributed by atoms with van der Waals surface area (Å²) in [5.74, 6) is 0.393. The number of anilines is 1. The van der Waals surface area contributed by atoms with Crippen LogP contribution in [0, 0.1) is 16.7 Å². The fourth-order valence-electron chi connectivity index (χ4n) is 2.36. The maximum absolute atomic E-state index is 12.2. The van der Waals surface area contributed by atoms with E-state index in [0.29, 0.717) is 24.3 Å². The molecule has 1 N–H and O–H groups in total. The normalized spacial score (nSPS) is 16.9. The van der Waals surface area contributed by atoms with Crippen molar-refractivity contribution in [2.24, 2.45) is 5.41 Å². The van der Waals surface area contributed by atoms with E-state index in [-0.39, 0.29) is 5.91 Å². The van der Waals surface area contributed by atoms with Crippen LogP contribution in [0.2, 0.25) is 0 Å². The molecule has 18 heavy (non-hydrogen) atoms. The molecule has 94 valence electrons. The predicted molar refractivity (Wildman–Crippen MR) is 68.1 cm³/mol. The molecule has 1 aromatic carbocycles. The quantitative estimate of drug-likeness (QED) is 0.889. The standard InChI is InChI=1S/C14H16N2O2/c1-18-12-7-3-2-6-11(12)16-13(17)14(10-15)8-4-5-9-14/h2-3,6-7H,4-5,8-9H2,1H3,(H,16,17). The number of methoxy groups -OCH3 is 1. The first-order valence-electron chi connectivity index (χ1n) is 6.07. The first-order chi connectivity index (χ1) is 8.72. The first-order valence-corrected chi connectivity index (χ1v) is 6.07. The number of amides is 1. The smallest absolute Gasteiger partial charge is 0.244 e. The Morgan fingerprint density at radius 1 is 1.39 bits per heavy atom. The Balaban J connectivity index is 2.19. The van der Waals surface area contributed by atoms with Crippen molar-refractivity contribution < 1.29 is 9.53 Å². The Morgan fingerprint density at radius 3 is 2.67 bits per heavy atom. The lowest BCUT2D eigenvalue weighted by Gasteiger charge is -2.20. The summed E-state index contributed by atoms with van der Waals surface area (Å²) in [6.07, 6.45) is 3.16. The molecule has 0 spiro atoms. The highest BCUT2D eigenvalue weighted by Crippen LogP contribution is 2.39. The number of ether oxygens (including phenoxy) is 1. The number of para-hydroxylation sites is 2. The zero-order chi connectivity index (χ0) is 13.0. The van der Waals surface area contributed by atoms with Gasteiger partial charge in [0.1, 0.15) is 11.2 Å². The van der Waals surface area contributed by atoms with Gasteiger partial charge < -0.3 is 10.1 Å². The largest absolute Gasteiger partial charge is 0.495 e. The van der Waals surface area contributed by atoms with Gasteiger partial charge in [0.25, 0.3) is 0 Å². The highest BCUT2D eigenvalue weighted by molar-refractivity contribution is 5.98. The molecule has 0 unspecified atom stereocenters. The lowest BCUT2D eigenvalue weighted by molar-refractivity contribution is -0.122. The highest BCUT2D eigenvalue weighted by atomic mass is 16.5. The third-order valence-corrected chi connectivity index (χ3v) is 3.46. The molecule has 0 aliphatic heterocycles. The first kappa shape index (κ1) is 12.4. The summed E-state index contributed by atoms with van der Waals surface area (Å²) in [5.41, 5.74) is -0.243. The summed E-state index contributed by atoms with van der Waals surface area (Å²) >= 11 is 0. The Morgan fingerprint density at radius 2 is 2.06 bits per heavy atom. The van der Waals surface area contributed by atoms with Gasteiger partial charge in [-0.05, 0) is 25.0 Å². The molecular formula is C14H16N2O2. The second kappa shape index (κ2) is 5.09. The van der Waals surface area contributed by atoms with Crippen molar-refractivity contribution in [1.82, 2.24) is 0 Å². The molecule has 1 aliphatic rings. The molecule has 4 nitrogen and oxygen atoms in total. The van der Waals surface area contributed by atoms with E-state index in [4.69, 9.17) is 4.74 Å². The molecular weight excluding hydrogens is 228 g/mol.